The van der Waals surface area contributed by atoms with Gasteiger partial charge in [-0.3, -0.25) is 9.59 Å². The van der Waals surface area contributed by atoms with Gasteiger partial charge >= 0.3 is 0 Å². The molecule has 0 saturated carbocycles. The molecule has 0 aliphatic carbocycles. The lowest BCUT2D eigenvalue weighted by Gasteiger charge is -2.16. The van der Waals surface area contributed by atoms with Crippen LogP contribution in [-0.2, 0) is 4.79 Å². The number of carbonyl (C=O) groups is 2. The Hall–Kier alpha value is -1.93. The monoisotopic (exact) mass is 348 g/mol. The Labute approximate surface area is 142 Å². The van der Waals surface area contributed by atoms with E-state index in [9.17, 15) is 9.59 Å². The van der Waals surface area contributed by atoms with Crippen molar-refractivity contribution in [1.82, 2.24) is 10.2 Å². The molecule has 1 amide bonds. The molecule has 1 aliphatic heterocycles. The van der Waals surface area contributed by atoms with E-state index in [-0.39, 0.29) is 11.7 Å². The zero-order valence-electron chi connectivity index (χ0n) is 12.6. The molecule has 3 rings (SSSR count). The Morgan fingerprint density at radius 1 is 1.43 bits per heavy atom. The minimum Gasteiger partial charge on any atom is -0.363 e. The van der Waals surface area contributed by atoms with Crippen LogP contribution in [0.15, 0.2) is 28.6 Å². The maximum absolute atomic E-state index is 12.4. The van der Waals surface area contributed by atoms with E-state index in [4.69, 9.17) is 0 Å². The van der Waals surface area contributed by atoms with Gasteiger partial charge in [-0.05, 0) is 18.6 Å². The van der Waals surface area contributed by atoms with E-state index < -0.39 is 0 Å². The molecule has 0 atom stereocenters. The van der Waals surface area contributed by atoms with Gasteiger partial charge in [0.2, 0.25) is 11.0 Å². The van der Waals surface area contributed by atoms with Crippen LogP contribution >= 0.6 is 23.1 Å². The largest absolute Gasteiger partial charge is 0.363 e. The Morgan fingerprint density at radius 3 is 3.00 bits per heavy atom. The van der Waals surface area contributed by atoms with Gasteiger partial charge in [0.25, 0.3) is 0 Å². The zero-order chi connectivity index (χ0) is 16.2. The average molecular weight is 348 g/mol. The van der Waals surface area contributed by atoms with Crippen molar-refractivity contribution in [1.29, 1.82) is 0 Å². The lowest BCUT2D eigenvalue weighted by molar-refractivity contribution is -0.117. The lowest BCUT2D eigenvalue weighted by atomic mass is 10.1. The van der Waals surface area contributed by atoms with Gasteiger partial charge in [-0.25, -0.2) is 0 Å². The van der Waals surface area contributed by atoms with Crippen molar-refractivity contribution in [2.24, 2.45) is 0 Å². The summed E-state index contributed by atoms with van der Waals surface area (Å²) < 4.78 is 0.758. The highest BCUT2D eigenvalue weighted by molar-refractivity contribution is 8.01. The molecule has 1 fully saturated rings. The third-order valence-corrected chi connectivity index (χ3v) is 5.57. The van der Waals surface area contributed by atoms with Gasteiger partial charge in [0.15, 0.2) is 10.1 Å². The van der Waals surface area contributed by atoms with Crippen molar-refractivity contribution in [2.45, 2.75) is 17.2 Å². The molecular weight excluding hydrogens is 332 g/mol. The molecule has 8 heteroatoms. The maximum Gasteiger partial charge on any atom is 0.227 e. The number of carbonyl (C=O) groups excluding carboxylic acids is 2. The van der Waals surface area contributed by atoms with Crippen molar-refractivity contribution in [2.75, 3.05) is 29.6 Å². The minimum absolute atomic E-state index is 0.0182. The highest BCUT2D eigenvalue weighted by atomic mass is 32.2. The second-order valence-electron chi connectivity index (χ2n) is 5.03. The van der Waals surface area contributed by atoms with E-state index in [1.54, 1.807) is 24.1 Å². The van der Waals surface area contributed by atoms with Crippen molar-refractivity contribution < 1.29 is 9.59 Å². The Morgan fingerprint density at radius 2 is 2.30 bits per heavy atom. The van der Waals surface area contributed by atoms with Crippen LogP contribution in [0, 0.1) is 0 Å². The highest BCUT2D eigenvalue weighted by Gasteiger charge is 2.22. The molecule has 0 radical (unpaired) electrons. The van der Waals surface area contributed by atoms with Crippen molar-refractivity contribution in [3.63, 3.8) is 0 Å². The molecule has 23 heavy (non-hydrogen) atoms. The normalized spacial score (nSPS) is 14.3. The van der Waals surface area contributed by atoms with Crippen LogP contribution in [0.5, 0.6) is 0 Å². The molecule has 6 nitrogen and oxygen atoms in total. The standard InChI is InChI=1S/C15H16N4O2S2/c1-16-14-17-18-15(23-14)22-9-12(20)10-4-2-5-11(8-10)19-7-3-6-13(19)21/h2,4-5,8H,3,6-7,9H2,1H3,(H,16,17). The molecule has 1 aromatic heterocycles. The van der Waals surface area contributed by atoms with Crippen molar-refractivity contribution in [3.8, 4) is 0 Å². The van der Waals surface area contributed by atoms with Crippen molar-refractivity contribution in [3.05, 3.63) is 29.8 Å². The molecule has 1 aromatic carbocycles. The molecule has 0 bridgehead atoms. The summed E-state index contributed by atoms with van der Waals surface area (Å²) in [5.74, 6) is 0.442. The topological polar surface area (TPSA) is 75.2 Å². The zero-order valence-corrected chi connectivity index (χ0v) is 14.2. The fraction of sp³-hybridized carbons (Fsp3) is 0.333. The van der Waals surface area contributed by atoms with E-state index >= 15 is 0 Å². The number of thioether (sulfide) groups is 1. The maximum atomic E-state index is 12.4. The molecule has 1 aliphatic rings. The first-order valence-electron chi connectivity index (χ1n) is 7.25. The second-order valence-corrected chi connectivity index (χ2v) is 7.23. The lowest BCUT2D eigenvalue weighted by Crippen LogP contribution is -2.23. The number of hydrogen-bond acceptors (Lipinski definition) is 7. The number of nitrogens with one attached hydrogen (secondary N) is 1. The smallest absolute Gasteiger partial charge is 0.227 e. The third kappa shape index (κ3) is 3.70. The third-order valence-electron chi connectivity index (χ3n) is 3.50. The van der Waals surface area contributed by atoms with Gasteiger partial charge in [-0.2, -0.15) is 0 Å². The molecule has 1 saturated heterocycles. The van der Waals surface area contributed by atoms with Gasteiger partial charge in [0, 0.05) is 31.3 Å². The molecular formula is C15H16N4O2S2. The molecule has 2 heterocycles. The second kappa shape index (κ2) is 7.10. The summed E-state index contributed by atoms with van der Waals surface area (Å²) in [5, 5.41) is 11.6. The van der Waals surface area contributed by atoms with Crippen LogP contribution in [0.4, 0.5) is 10.8 Å². The van der Waals surface area contributed by atoms with Gasteiger partial charge in [-0.1, -0.05) is 35.2 Å². The molecule has 0 unspecified atom stereocenters. The number of anilines is 2. The van der Waals surface area contributed by atoms with E-state index in [0.717, 1.165) is 28.1 Å². The van der Waals surface area contributed by atoms with Gasteiger partial charge in [-0.15, -0.1) is 10.2 Å². The summed E-state index contributed by atoms with van der Waals surface area (Å²) >= 11 is 2.79. The van der Waals surface area contributed by atoms with Gasteiger partial charge in [0.1, 0.15) is 0 Å². The van der Waals surface area contributed by atoms with Crippen LogP contribution in [0.25, 0.3) is 0 Å². The van der Waals surface area contributed by atoms with E-state index in [1.165, 1.54) is 23.1 Å². The van der Waals surface area contributed by atoms with E-state index in [2.05, 4.69) is 15.5 Å². The first kappa shape index (κ1) is 15.9. The summed E-state index contributed by atoms with van der Waals surface area (Å²) in [5.41, 5.74) is 1.42. The van der Waals surface area contributed by atoms with Gasteiger partial charge < -0.3 is 10.2 Å². The number of nitrogens with zero attached hydrogens (tertiary/aromatic N) is 3. The highest BCUT2D eigenvalue weighted by Crippen LogP contribution is 2.27. The van der Waals surface area contributed by atoms with Crippen molar-refractivity contribution >= 4 is 45.6 Å². The fourth-order valence-corrected chi connectivity index (χ4v) is 3.95. The van der Waals surface area contributed by atoms with Gasteiger partial charge in [0.05, 0.1) is 5.75 Å². The fourth-order valence-electron chi connectivity index (χ4n) is 2.35. The number of hydrogen-bond donors (Lipinski definition) is 1. The summed E-state index contributed by atoms with van der Waals surface area (Å²) in [6, 6.07) is 7.28. The first-order valence-corrected chi connectivity index (χ1v) is 9.05. The predicted molar refractivity (Wildman–Crippen MR) is 92.5 cm³/mol. The Bertz CT molecular complexity index is 732. The average Bonchev–Trinajstić information content (AvgIpc) is 3.21. The first-order chi connectivity index (χ1) is 11.2. The van der Waals surface area contributed by atoms with Crippen LogP contribution < -0.4 is 10.2 Å². The Balaban J connectivity index is 1.66. The summed E-state index contributed by atoms with van der Waals surface area (Å²) in [6.45, 7) is 0.725. The molecule has 1 N–H and O–H groups in total. The van der Waals surface area contributed by atoms with Crippen LogP contribution in [-0.4, -0.2) is 41.2 Å². The Kier molecular flexibility index (Phi) is 4.92. The van der Waals surface area contributed by atoms with Crippen LogP contribution in [0.1, 0.15) is 23.2 Å². The molecule has 120 valence electrons. The summed E-state index contributed by atoms with van der Waals surface area (Å²) in [4.78, 5) is 25.9. The minimum atomic E-state index is 0.0182. The number of aromatic nitrogens is 2. The van der Waals surface area contributed by atoms with Crippen LogP contribution in [0.2, 0.25) is 0 Å². The molecule has 2 aromatic rings. The number of ketones is 1. The molecule has 0 spiro atoms. The number of Topliss-reactive ketones (excluding diaryl/α,β-unsaturated/α-hetero) is 1. The summed E-state index contributed by atoms with van der Waals surface area (Å²) in [7, 11) is 1.78. The number of rotatable bonds is 6. The van der Waals surface area contributed by atoms with Crippen LogP contribution in [0.3, 0.4) is 0 Å². The van der Waals surface area contributed by atoms with E-state index in [1.807, 2.05) is 12.1 Å². The predicted octanol–water partition coefficient (Wildman–Crippen LogP) is 2.68. The summed E-state index contributed by atoms with van der Waals surface area (Å²) in [6.07, 6.45) is 1.45. The number of benzene rings is 1. The SMILES string of the molecule is CNc1nnc(SCC(=O)c2cccc(N3CCCC3=O)c2)s1. The van der Waals surface area contributed by atoms with E-state index in [0.29, 0.717) is 17.7 Å². The number of amides is 1. The quantitative estimate of drug-likeness (QED) is 0.639.